The Morgan fingerprint density at radius 3 is 2.68 bits per heavy atom. The minimum atomic E-state index is -0.285. The van der Waals surface area contributed by atoms with Crippen LogP contribution in [0, 0.1) is 6.92 Å². The molecule has 0 spiro atoms. The highest BCUT2D eigenvalue weighted by atomic mass is 32.1. The van der Waals surface area contributed by atoms with Gasteiger partial charge in [0.05, 0.1) is 22.0 Å². The number of aromatic nitrogens is 3. The van der Waals surface area contributed by atoms with E-state index in [1.54, 1.807) is 28.7 Å². The van der Waals surface area contributed by atoms with Gasteiger partial charge >= 0.3 is 6.03 Å². The van der Waals surface area contributed by atoms with Gasteiger partial charge in [-0.1, -0.05) is 36.4 Å². The van der Waals surface area contributed by atoms with Crippen LogP contribution in [0.4, 0.5) is 4.79 Å². The summed E-state index contributed by atoms with van der Waals surface area (Å²) in [6.45, 7) is 2.95. The molecule has 0 fully saturated rings. The van der Waals surface area contributed by atoms with Crippen molar-refractivity contribution in [1.82, 2.24) is 25.4 Å². The van der Waals surface area contributed by atoms with E-state index >= 15 is 0 Å². The van der Waals surface area contributed by atoms with Crippen LogP contribution in [0.3, 0.4) is 0 Å². The van der Waals surface area contributed by atoms with Gasteiger partial charge < -0.3 is 10.6 Å². The lowest BCUT2D eigenvalue weighted by Gasteiger charge is -2.09. The molecule has 3 heterocycles. The van der Waals surface area contributed by atoms with Gasteiger partial charge in [-0.15, -0.1) is 22.7 Å². The molecule has 7 nitrogen and oxygen atoms in total. The molecule has 9 heteroatoms. The molecule has 2 amide bonds. The van der Waals surface area contributed by atoms with E-state index < -0.39 is 0 Å². The molecule has 1 aromatic carbocycles. The molecule has 0 aliphatic carbocycles. The number of rotatable bonds is 7. The van der Waals surface area contributed by atoms with Crippen molar-refractivity contribution in [1.29, 1.82) is 0 Å². The summed E-state index contributed by atoms with van der Waals surface area (Å²) in [6.07, 6.45) is 0. The van der Waals surface area contributed by atoms with Gasteiger partial charge in [0.1, 0.15) is 10.7 Å². The van der Waals surface area contributed by atoms with Crippen molar-refractivity contribution in [3.05, 3.63) is 81.6 Å². The van der Waals surface area contributed by atoms with Crippen LogP contribution >= 0.6 is 22.7 Å². The second kappa shape index (κ2) is 9.67. The quantitative estimate of drug-likeness (QED) is 0.446. The van der Waals surface area contributed by atoms with Crippen molar-refractivity contribution in [2.75, 3.05) is 6.54 Å². The third-order valence-corrected chi connectivity index (χ3v) is 6.75. The summed E-state index contributed by atoms with van der Waals surface area (Å²) in [6, 6.07) is 16.6. The molecule has 0 aliphatic heterocycles. The number of aryl methyl sites for hydroxylation is 1. The predicted molar refractivity (Wildman–Crippen MR) is 124 cm³/mol. The number of benzene rings is 1. The Morgan fingerprint density at radius 2 is 1.90 bits per heavy atom. The topological polar surface area (TPSA) is 88.9 Å². The van der Waals surface area contributed by atoms with Gasteiger partial charge in [-0.25, -0.2) is 14.5 Å². The highest BCUT2D eigenvalue weighted by Crippen LogP contribution is 2.35. The van der Waals surface area contributed by atoms with Crippen molar-refractivity contribution in [2.24, 2.45) is 0 Å². The first-order chi connectivity index (χ1) is 15.1. The molecule has 0 bridgehead atoms. The van der Waals surface area contributed by atoms with Gasteiger partial charge in [0, 0.05) is 19.2 Å². The van der Waals surface area contributed by atoms with E-state index in [2.05, 4.69) is 20.7 Å². The molecular weight excluding hydrogens is 430 g/mol. The molecule has 0 saturated carbocycles. The molecule has 0 unspecified atom stereocenters. The van der Waals surface area contributed by atoms with E-state index in [9.17, 15) is 9.59 Å². The SMILES string of the molecule is Cc1nc(-c2cccs2)sc1-c1ccc(=O)n(CCNC(=O)NCc2ccccc2)n1. The summed E-state index contributed by atoms with van der Waals surface area (Å²) in [7, 11) is 0. The highest BCUT2D eigenvalue weighted by Gasteiger charge is 2.14. The Morgan fingerprint density at radius 1 is 1.06 bits per heavy atom. The first-order valence-electron chi connectivity index (χ1n) is 9.75. The molecule has 3 aromatic heterocycles. The summed E-state index contributed by atoms with van der Waals surface area (Å²) >= 11 is 3.20. The minimum absolute atomic E-state index is 0.212. The van der Waals surface area contributed by atoms with Gasteiger partial charge in [-0.3, -0.25) is 4.79 Å². The standard InChI is InChI=1S/C22H21N5O2S2/c1-15-20(31-21(25-15)18-8-5-13-30-18)17-9-10-19(28)27(26-17)12-11-23-22(29)24-14-16-6-3-2-4-7-16/h2-10,13H,11-12,14H2,1H3,(H2,23,24,29). The van der Waals surface area contributed by atoms with E-state index in [0.29, 0.717) is 18.8 Å². The van der Waals surface area contributed by atoms with Crippen LogP contribution in [0.25, 0.3) is 20.5 Å². The monoisotopic (exact) mass is 451 g/mol. The Balaban J connectivity index is 1.38. The first-order valence-corrected chi connectivity index (χ1v) is 11.5. The fourth-order valence-electron chi connectivity index (χ4n) is 2.99. The van der Waals surface area contributed by atoms with Gasteiger partial charge in [0.15, 0.2) is 0 Å². The van der Waals surface area contributed by atoms with Crippen LogP contribution in [0.15, 0.2) is 64.8 Å². The van der Waals surface area contributed by atoms with E-state index in [1.165, 1.54) is 10.7 Å². The number of carbonyl (C=O) groups excluding carboxylic acids is 1. The lowest BCUT2D eigenvalue weighted by molar-refractivity contribution is 0.240. The maximum atomic E-state index is 12.2. The van der Waals surface area contributed by atoms with Crippen LogP contribution < -0.4 is 16.2 Å². The van der Waals surface area contributed by atoms with Crippen LogP contribution in [-0.4, -0.2) is 27.3 Å². The Hall–Kier alpha value is -3.30. The number of nitrogens with one attached hydrogen (secondary N) is 2. The fraction of sp³-hybridized carbons (Fsp3) is 0.182. The van der Waals surface area contributed by atoms with Gasteiger partial charge in [0.2, 0.25) is 0 Å². The average molecular weight is 452 g/mol. The van der Waals surface area contributed by atoms with Crippen LogP contribution in [0.2, 0.25) is 0 Å². The predicted octanol–water partition coefficient (Wildman–Crippen LogP) is 3.90. The molecular formula is C22H21N5O2S2. The molecule has 4 aromatic rings. The summed E-state index contributed by atoms with van der Waals surface area (Å²) < 4.78 is 1.37. The summed E-state index contributed by atoms with van der Waals surface area (Å²) in [4.78, 5) is 30.9. The van der Waals surface area contributed by atoms with Crippen LogP contribution in [-0.2, 0) is 13.1 Å². The summed E-state index contributed by atoms with van der Waals surface area (Å²) in [5.41, 5.74) is 2.39. The number of thiazole rings is 1. The smallest absolute Gasteiger partial charge is 0.315 e. The zero-order valence-corrected chi connectivity index (χ0v) is 18.5. The van der Waals surface area contributed by atoms with Gasteiger partial charge in [-0.2, -0.15) is 5.10 Å². The first kappa shape index (κ1) is 21.0. The lowest BCUT2D eigenvalue weighted by atomic mass is 10.2. The molecule has 0 atom stereocenters. The summed E-state index contributed by atoms with van der Waals surface area (Å²) in [5.74, 6) is 0. The number of nitrogens with zero attached hydrogens (tertiary/aromatic N) is 3. The third kappa shape index (κ3) is 5.25. The lowest BCUT2D eigenvalue weighted by Crippen LogP contribution is -2.38. The van der Waals surface area contributed by atoms with Crippen LogP contribution in [0.1, 0.15) is 11.3 Å². The van der Waals surface area contributed by atoms with Crippen molar-refractivity contribution >= 4 is 28.7 Å². The number of carbonyl (C=O) groups is 1. The van der Waals surface area contributed by atoms with Crippen molar-refractivity contribution in [2.45, 2.75) is 20.0 Å². The number of amides is 2. The van der Waals surface area contributed by atoms with Crippen LogP contribution in [0.5, 0.6) is 0 Å². The van der Waals surface area contributed by atoms with Gasteiger partial charge in [-0.05, 0) is 30.0 Å². The molecule has 158 valence electrons. The van der Waals surface area contributed by atoms with E-state index in [4.69, 9.17) is 0 Å². The normalized spacial score (nSPS) is 10.7. The highest BCUT2D eigenvalue weighted by molar-refractivity contribution is 7.23. The number of hydrogen-bond donors (Lipinski definition) is 2. The Labute approximate surface area is 187 Å². The Kier molecular flexibility index (Phi) is 6.54. The zero-order chi connectivity index (χ0) is 21.6. The van der Waals surface area contributed by atoms with Gasteiger partial charge in [0.25, 0.3) is 5.56 Å². The van der Waals surface area contributed by atoms with Crippen molar-refractivity contribution < 1.29 is 4.79 Å². The molecule has 0 radical (unpaired) electrons. The third-order valence-electron chi connectivity index (χ3n) is 4.53. The molecule has 0 aliphatic rings. The molecule has 2 N–H and O–H groups in total. The maximum Gasteiger partial charge on any atom is 0.315 e. The summed E-state index contributed by atoms with van der Waals surface area (Å²) in [5, 5.41) is 13.0. The molecule has 4 rings (SSSR count). The van der Waals surface area contributed by atoms with E-state index in [1.807, 2.05) is 54.8 Å². The number of urea groups is 1. The van der Waals surface area contributed by atoms with Crippen molar-refractivity contribution in [3.8, 4) is 20.5 Å². The number of thiophene rings is 1. The molecule has 0 saturated heterocycles. The van der Waals surface area contributed by atoms with E-state index in [-0.39, 0.29) is 18.1 Å². The Bertz CT molecular complexity index is 1220. The van der Waals surface area contributed by atoms with E-state index in [0.717, 1.165) is 26.0 Å². The maximum absolute atomic E-state index is 12.2. The number of hydrogen-bond acceptors (Lipinski definition) is 6. The second-order valence-corrected chi connectivity index (χ2v) is 8.73. The zero-order valence-electron chi connectivity index (χ0n) is 16.9. The minimum Gasteiger partial charge on any atom is -0.336 e. The second-order valence-electron chi connectivity index (χ2n) is 6.79. The van der Waals surface area contributed by atoms with Crippen molar-refractivity contribution in [3.63, 3.8) is 0 Å². The fourth-order valence-corrected chi connectivity index (χ4v) is 4.81. The average Bonchev–Trinajstić information content (AvgIpc) is 3.44. The largest absolute Gasteiger partial charge is 0.336 e. The molecule has 31 heavy (non-hydrogen) atoms.